The third-order valence-corrected chi connectivity index (χ3v) is 6.09. The summed E-state index contributed by atoms with van der Waals surface area (Å²) in [6.45, 7) is 4.84. The van der Waals surface area contributed by atoms with E-state index in [1.807, 2.05) is 6.07 Å². The highest BCUT2D eigenvalue weighted by molar-refractivity contribution is 7.89. The Morgan fingerprint density at radius 3 is 2.71 bits per heavy atom. The Balaban J connectivity index is 1.51. The number of aromatic nitrogens is 2. The molecule has 0 spiro atoms. The smallest absolute Gasteiger partial charge is 0.244 e. The van der Waals surface area contributed by atoms with E-state index in [-0.39, 0.29) is 4.90 Å². The second kappa shape index (κ2) is 7.04. The van der Waals surface area contributed by atoms with Gasteiger partial charge in [0.1, 0.15) is 4.90 Å². The summed E-state index contributed by atoms with van der Waals surface area (Å²) in [6, 6.07) is 10.5. The highest BCUT2D eigenvalue weighted by Crippen LogP contribution is 2.26. The fourth-order valence-electron chi connectivity index (χ4n) is 3.29. The van der Waals surface area contributed by atoms with Crippen LogP contribution in [0.4, 0.5) is 0 Å². The van der Waals surface area contributed by atoms with E-state index >= 15 is 0 Å². The third kappa shape index (κ3) is 3.85. The average Bonchev–Trinajstić information content (AvgIpc) is 3.15. The summed E-state index contributed by atoms with van der Waals surface area (Å²) in [5, 5.41) is 4.09. The largest absolute Gasteiger partial charge is 0.301 e. The lowest BCUT2D eigenvalue weighted by Gasteiger charge is -2.16. The van der Waals surface area contributed by atoms with Gasteiger partial charge < -0.3 is 4.90 Å². The molecule has 0 aliphatic carbocycles. The molecule has 0 saturated carbocycles. The maximum absolute atomic E-state index is 12.3. The fourth-order valence-corrected chi connectivity index (χ4v) is 4.53. The number of sulfonamides is 1. The molecule has 3 rings (SSSR count). The summed E-state index contributed by atoms with van der Waals surface area (Å²) in [4.78, 5) is 2.57. The van der Waals surface area contributed by atoms with Crippen LogP contribution in [-0.2, 0) is 17.1 Å². The van der Waals surface area contributed by atoms with E-state index in [2.05, 4.69) is 39.0 Å². The molecule has 24 heavy (non-hydrogen) atoms. The molecular formula is C17H24N4O2S. The van der Waals surface area contributed by atoms with Crippen molar-refractivity contribution in [1.29, 1.82) is 0 Å². The van der Waals surface area contributed by atoms with Crippen LogP contribution in [0.3, 0.4) is 0 Å². The molecule has 7 heteroatoms. The highest BCUT2D eigenvalue weighted by Gasteiger charge is 2.24. The van der Waals surface area contributed by atoms with Gasteiger partial charge in [0.2, 0.25) is 10.0 Å². The number of benzene rings is 1. The van der Waals surface area contributed by atoms with Crippen molar-refractivity contribution >= 4 is 10.0 Å². The van der Waals surface area contributed by atoms with Gasteiger partial charge in [0.25, 0.3) is 0 Å². The first kappa shape index (κ1) is 17.1. The molecule has 0 amide bonds. The number of nitrogens with zero attached hydrogens (tertiary/aromatic N) is 3. The van der Waals surface area contributed by atoms with Gasteiger partial charge in [-0.3, -0.25) is 4.68 Å². The highest BCUT2D eigenvalue weighted by atomic mass is 32.2. The normalized spacial score (nSPS) is 19.0. The van der Waals surface area contributed by atoms with E-state index in [0.717, 1.165) is 26.1 Å². The second-order valence-electron chi connectivity index (χ2n) is 6.35. The van der Waals surface area contributed by atoms with Crippen molar-refractivity contribution in [3.8, 4) is 0 Å². The Labute approximate surface area is 143 Å². The van der Waals surface area contributed by atoms with Gasteiger partial charge in [-0.1, -0.05) is 30.3 Å². The van der Waals surface area contributed by atoms with Crippen LogP contribution in [0.25, 0.3) is 0 Å². The van der Waals surface area contributed by atoms with E-state index in [1.54, 1.807) is 20.2 Å². The molecule has 1 aromatic carbocycles. The molecule has 1 saturated heterocycles. The van der Waals surface area contributed by atoms with Crippen LogP contribution in [-0.4, -0.2) is 49.3 Å². The molecule has 1 aromatic heterocycles. The topological polar surface area (TPSA) is 67.2 Å². The molecule has 1 aliphatic rings. The second-order valence-corrected chi connectivity index (χ2v) is 8.08. The number of hydrogen-bond acceptors (Lipinski definition) is 4. The minimum atomic E-state index is -3.49. The zero-order chi connectivity index (χ0) is 17.2. The quantitative estimate of drug-likeness (QED) is 0.859. The first-order valence-corrected chi connectivity index (χ1v) is 9.71. The van der Waals surface area contributed by atoms with Gasteiger partial charge in [-0.05, 0) is 31.4 Å². The van der Waals surface area contributed by atoms with Crippen LogP contribution in [0.15, 0.2) is 41.4 Å². The van der Waals surface area contributed by atoms with Crippen LogP contribution in [0, 0.1) is 6.92 Å². The van der Waals surface area contributed by atoms with Gasteiger partial charge in [0.15, 0.2) is 0 Å². The first-order valence-electron chi connectivity index (χ1n) is 8.23. The molecule has 1 N–H and O–H groups in total. The molecule has 2 aromatic rings. The van der Waals surface area contributed by atoms with Crippen molar-refractivity contribution in [3.05, 3.63) is 47.8 Å². The SMILES string of the molecule is Cc1nn(C)cc1S(=O)(=O)NCCN1CC[C@H](c2ccccc2)C1. The molecule has 1 fully saturated rings. The Bertz CT molecular complexity index is 786. The van der Waals surface area contributed by atoms with E-state index in [9.17, 15) is 8.42 Å². The predicted octanol–water partition coefficient (Wildman–Crippen LogP) is 1.50. The minimum Gasteiger partial charge on any atom is -0.301 e. The number of hydrogen-bond donors (Lipinski definition) is 1. The van der Waals surface area contributed by atoms with Gasteiger partial charge in [0, 0.05) is 32.9 Å². The molecule has 1 atom stereocenters. The lowest BCUT2D eigenvalue weighted by molar-refractivity contribution is 0.339. The van der Waals surface area contributed by atoms with Crippen molar-refractivity contribution < 1.29 is 8.42 Å². The van der Waals surface area contributed by atoms with Crippen LogP contribution >= 0.6 is 0 Å². The van der Waals surface area contributed by atoms with Crippen molar-refractivity contribution in [2.45, 2.75) is 24.2 Å². The summed E-state index contributed by atoms with van der Waals surface area (Å²) in [5.41, 5.74) is 1.89. The van der Waals surface area contributed by atoms with Crippen molar-refractivity contribution in [3.63, 3.8) is 0 Å². The third-order valence-electron chi connectivity index (χ3n) is 4.52. The van der Waals surface area contributed by atoms with Gasteiger partial charge in [0.05, 0.1) is 5.69 Å². The van der Waals surface area contributed by atoms with E-state index < -0.39 is 10.0 Å². The molecular weight excluding hydrogens is 324 g/mol. The summed E-state index contributed by atoms with van der Waals surface area (Å²) < 4.78 is 28.9. The predicted molar refractivity (Wildman–Crippen MR) is 93.4 cm³/mol. The van der Waals surface area contributed by atoms with Gasteiger partial charge in [-0.25, -0.2) is 13.1 Å². The Hall–Kier alpha value is -1.70. The van der Waals surface area contributed by atoms with Gasteiger partial charge >= 0.3 is 0 Å². The van der Waals surface area contributed by atoms with Gasteiger partial charge in [-0.15, -0.1) is 0 Å². The van der Waals surface area contributed by atoms with Crippen LogP contribution in [0.5, 0.6) is 0 Å². The zero-order valence-corrected chi connectivity index (χ0v) is 15.0. The maximum Gasteiger partial charge on any atom is 0.244 e. The summed E-state index contributed by atoms with van der Waals surface area (Å²) in [6.07, 6.45) is 2.66. The molecule has 0 radical (unpaired) electrons. The Morgan fingerprint density at radius 1 is 1.29 bits per heavy atom. The lowest BCUT2D eigenvalue weighted by Crippen LogP contribution is -2.34. The zero-order valence-electron chi connectivity index (χ0n) is 14.1. The number of rotatable bonds is 6. The number of likely N-dealkylation sites (tertiary alicyclic amines) is 1. The Morgan fingerprint density at radius 2 is 2.04 bits per heavy atom. The minimum absolute atomic E-state index is 0.258. The van der Waals surface area contributed by atoms with Crippen LogP contribution in [0.1, 0.15) is 23.6 Å². The molecule has 1 aliphatic heterocycles. The molecule has 0 unspecified atom stereocenters. The summed E-state index contributed by atoms with van der Waals surface area (Å²) in [5.74, 6) is 0.545. The molecule has 2 heterocycles. The van der Waals surface area contributed by atoms with E-state index in [1.165, 1.54) is 10.2 Å². The fraction of sp³-hybridized carbons (Fsp3) is 0.471. The Kier molecular flexibility index (Phi) is 5.03. The van der Waals surface area contributed by atoms with Crippen LogP contribution < -0.4 is 4.72 Å². The van der Waals surface area contributed by atoms with Crippen LogP contribution in [0.2, 0.25) is 0 Å². The van der Waals surface area contributed by atoms with Crippen molar-refractivity contribution in [2.24, 2.45) is 7.05 Å². The summed E-state index contributed by atoms with van der Waals surface area (Å²) >= 11 is 0. The number of nitrogens with one attached hydrogen (secondary N) is 1. The summed E-state index contributed by atoms with van der Waals surface area (Å²) in [7, 11) is -1.77. The molecule has 6 nitrogen and oxygen atoms in total. The maximum atomic E-state index is 12.3. The average molecular weight is 348 g/mol. The molecule has 130 valence electrons. The van der Waals surface area contributed by atoms with Crippen molar-refractivity contribution in [2.75, 3.05) is 26.2 Å². The van der Waals surface area contributed by atoms with E-state index in [0.29, 0.717) is 18.2 Å². The van der Waals surface area contributed by atoms with E-state index in [4.69, 9.17) is 0 Å². The lowest BCUT2D eigenvalue weighted by atomic mass is 9.99. The monoisotopic (exact) mass is 348 g/mol. The van der Waals surface area contributed by atoms with Crippen molar-refractivity contribution in [1.82, 2.24) is 19.4 Å². The molecule has 0 bridgehead atoms. The standard InChI is InChI=1S/C17H24N4O2S/c1-14-17(13-20(2)19-14)24(22,23)18-9-11-21-10-8-16(12-21)15-6-4-3-5-7-15/h3-7,13,16,18H,8-12H2,1-2H3/t16-/m0/s1. The van der Waals surface area contributed by atoms with Gasteiger partial charge in [-0.2, -0.15) is 5.10 Å². The number of aryl methyl sites for hydroxylation is 2. The first-order chi connectivity index (χ1) is 11.5.